The Morgan fingerprint density at radius 3 is 2.20 bits per heavy atom. The van der Waals surface area contributed by atoms with Gasteiger partial charge in [0.25, 0.3) is 0 Å². The maximum absolute atomic E-state index is 13.7. The molecule has 13 heteroatoms. The highest BCUT2D eigenvalue weighted by Crippen LogP contribution is 2.40. The molecule has 262 valence electrons. The molecule has 0 aromatic heterocycles. The van der Waals surface area contributed by atoms with Gasteiger partial charge in [0, 0.05) is 30.9 Å². The van der Waals surface area contributed by atoms with Crippen molar-refractivity contribution in [3.63, 3.8) is 0 Å². The lowest BCUT2D eigenvalue weighted by atomic mass is 9.74. The van der Waals surface area contributed by atoms with Crippen LogP contribution in [-0.4, -0.2) is 126 Å². The lowest BCUT2D eigenvalue weighted by molar-refractivity contribution is -0.301. The fraction of sp³-hybridized carbons (Fsp3) is 0.906. The van der Waals surface area contributed by atoms with Crippen molar-refractivity contribution in [1.82, 2.24) is 4.90 Å². The fourth-order valence-corrected chi connectivity index (χ4v) is 6.98. The summed E-state index contributed by atoms with van der Waals surface area (Å²) < 4.78 is 30.3. The summed E-state index contributed by atoms with van der Waals surface area (Å²) in [5.74, 6) is -5.52. The number of aliphatic hydroxyl groups is 3. The van der Waals surface area contributed by atoms with Crippen molar-refractivity contribution >= 4 is 17.7 Å². The number of cyclic esters (lactones) is 1. The Hall–Kier alpha value is -1.71. The van der Waals surface area contributed by atoms with Crippen molar-refractivity contribution in [3.8, 4) is 0 Å². The zero-order chi connectivity index (χ0) is 34.6. The first-order valence-corrected chi connectivity index (χ1v) is 16.0. The van der Waals surface area contributed by atoms with E-state index in [0.717, 1.165) is 0 Å². The molecule has 0 spiro atoms. The summed E-state index contributed by atoms with van der Waals surface area (Å²) >= 11 is 0. The first-order valence-electron chi connectivity index (χ1n) is 16.0. The number of aliphatic hydroxyl groups excluding tert-OH is 2. The summed E-state index contributed by atoms with van der Waals surface area (Å²) in [5, 5.41) is 34.0. The van der Waals surface area contributed by atoms with E-state index in [1.165, 1.54) is 27.9 Å². The van der Waals surface area contributed by atoms with Crippen LogP contribution in [-0.2, 0) is 38.1 Å². The Labute approximate surface area is 268 Å². The van der Waals surface area contributed by atoms with Gasteiger partial charge in [-0.2, -0.15) is 0 Å². The number of hydrogen-bond acceptors (Lipinski definition) is 13. The third-order valence-electron chi connectivity index (χ3n) is 9.92. The van der Waals surface area contributed by atoms with E-state index < -0.39 is 90.2 Å². The van der Waals surface area contributed by atoms with E-state index >= 15 is 0 Å². The first-order chi connectivity index (χ1) is 20.8. The summed E-state index contributed by atoms with van der Waals surface area (Å²) in [6.45, 7) is 12.7. The number of Topliss-reactive ketones (excluding diaryl/α,β-unsaturated/α-hetero) is 1. The zero-order valence-electron chi connectivity index (χ0n) is 28.9. The molecule has 0 aromatic carbocycles. The number of carbonyl (C=O) groups is 3. The number of ketones is 1. The largest absolute Gasteiger partial charge is 0.460 e. The van der Waals surface area contributed by atoms with Crippen LogP contribution in [0.5, 0.6) is 0 Å². The normalized spacial score (nSPS) is 44.3. The van der Waals surface area contributed by atoms with Gasteiger partial charge in [0.15, 0.2) is 6.29 Å². The molecule has 0 aromatic rings. The smallest absolute Gasteiger partial charge is 0.320 e. The highest BCUT2D eigenvalue weighted by molar-refractivity contribution is 5.83. The molecule has 0 bridgehead atoms. The van der Waals surface area contributed by atoms with Crippen LogP contribution in [0.3, 0.4) is 0 Å². The van der Waals surface area contributed by atoms with Crippen LogP contribution < -0.4 is 5.73 Å². The molecule has 13 nitrogen and oxygen atoms in total. The van der Waals surface area contributed by atoms with E-state index in [4.69, 9.17) is 29.4 Å². The number of esters is 2. The summed E-state index contributed by atoms with van der Waals surface area (Å²) in [7, 11) is 5.16. The Bertz CT molecular complexity index is 1010. The standard InChI is InChI=1S/C32H58N2O11/c1-12-22-32(8,40)27(38)18(4)24(36)16(2)14-31(7,41-11)28(45-30-25(37)21(34(9)10)13-17(3)42-30)19(5)26(44-23(35)15-33)20(6)29(39)43-22/h16-22,25-28,30,37-38,40H,12-15,33H2,1-11H3/t16-,17-,18+,19+,20-,21+,22-,25?,26+,27-,28-,30?,31+,32-/m1/s1. The van der Waals surface area contributed by atoms with Gasteiger partial charge in [0.1, 0.15) is 29.7 Å². The van der Waals surface area contributed by atoms with E-state index in [0.29, 0.717) is 6.42 Å². The number of carbonyl (C=O) groups excluding carboxylic acids is 3. The number of nitrogens with two attached hydrogens (primary N) is 1. The quantitative estimate of drug-likeness (QED) is 0.288. The van der Waals surface area contributed by atoms with Crippen LogP contribution in [0.25, 0.3) is 0 Å². The van der Waals surface area contributed by atoms with Gasteiger partial charge in [-0.3, -0.25) is 14.4 Å². The van der Waals surface area contributed by atoms with Crippen molar-refractivity contribution in [1.29, 1.82) is 0 Å². The van der Waals surface area contributed by atoms with Crippen molar-refractivity contribution in [3.05, 3.63) is 0 Å². The SMILES string of the molecule is CC[C@H]1OC(=O)[C@H](C)[C@@H](OC(=O)CN)[C@H](C)[C@@H](OC2O[C@H](C)C[C@H](N(C)C)C2O)[C@@](C)(OC)C[C@@H](C)C(=O)[C@H](C)[C@@H](O)[C@]1(C)O. The number of hydrogen-bond donors (Lipinski definition) is 4. The number of ether oxygens (including phenoxy) is 5. The molecule has 2 fully saturated rings. The van der Waals surface area contributed by atoms with E-state index in [1.54, 1.807) is 27.7 Å². The van der Waals surface area contributed by atoms with Gasteiger partial charge < -0.3 is 49.6 Å². The highest BCUT2D eigenvalue weighted by Gasteiger charge is 2.52. The molecular weight excluding hydrogens is 588 g/mol. The maximum atomic E-state index is 13.7. The molecule has 14 atom stereocenters. The number of methoxy groups -OCH3 is 1. The van der Waals surface area contributed by atoms with Crippen molar-refractivity contribution in [2.75, 3.05) is 27.7 Å². The maximum Gasteiger partial charge on any atom is 0.320 e. The second-order valence-corrected chi connectivity index (χ2v) is 13.8. The molecule has 2 unspecified atom stereocenters. The van der Waals surface area contributed by atoms with Gasteiger partial charge in [-0.25, -0.2) is 0 Å². The second-order valence-electron chi connectivity index (χ2n) is 13.8. The Balaban J connectivity index is 2.75. The van der Waals surface area contributed by atoms with Gasteiger partial charge in [-0.15, -0.1) is 0 Å². The van der Waals surface area contributed by atoms with Gasteiger partial charge >= 0.3 is 11.9 Å². The molecule has 2 saturated heterocycles. The Kier molecular flexibility index (Phi) is 14.0. The first kappa shape index (κ1) is 39.5. The molecule has 0 aliphatic carbocycles. The molecule has 45 heavy (non-hydrogen) atoms. The highest BCUT2D eigenvalue weighted by atomic mass is 16.7. The van der Waals surface area contributed by atoms with Crippen LogP contribution in [0.15, 0.2) is 0 Å². The van der Waals surface area contributed by atoms with E-state index in [-0.39, 0.29) is 30.8 Å². The number of nitrogens with zero attached hydrogens (tertiary/aromatic N) is 1. The molecule has 0 amide bonds. The van der Waals surface area contributed by atoms with Crippen molar-refractivity contribution < 1.29 is 53.4 Å². The lowest BCUT2D eigenvalue weighted by Gasteiger charge is -2.48. The van der Waals surface area contributed by atoms with Crippen LogP contribution in [0.4, 0.5) is 0 Å². The molecule has 2 rings (SSSR count). The average molecular weight is 647 g/mol. The van der Waals surface area contributed by atoms with Gasteiger partial charge in [-0.1, -0.05) is 27.7 Å². The third kappa shape index (κ3) is 8.81. The average Bonchev–Trinajstić information content (AvgIpc) is 2.99. The predicted molar refractivity (Wildman–Crippen MR) is 165 cm³/mol. The minimum absolute atomic E-state index is 0.0829. The topological polar surface area (TPSA) is 187 Å². The number of likely N-dealkylation sites (N-methyl/N-ethyl adjacent to an activating group) is 1. The van der Waals surface area contributed by atoms with E-state index in [1.807, 2.05) is 25.9 Å². The van der Waals surface area contributed by atoms with Gasteiger partial charge in [0.2, 0.25) is 0 Å². The molecule has 0 radical (unpaired) electrons. The predicted octanol–water partition coefficient (Wildman–Crippen LogP) is 1.02. The van der Waals surface area contributed by atoms with Crippen LogP contribution in [0.2, 0.25) is 0 Å². The summed E-state index contributed by atoms with van der Waals surface area (Å²) in [6, 6.07) is -0.289. The molecule has 2 aliphatic rings. The van der Waals surface area contributed by atoms with Crippen molar-refractivity contribution in [2.24, 2.45) is 29.4 Å². The Morgan fingerprint density at radius 1 is 1.09 bits per heavy atom. The van der Waals surface area contributed by atoms with E-state index in [9.17, 15) is 29.7 Å². The van der Waals surface area contributed by atoms with E-state index in [2.05, 4.69) is 0 Å². The molecular formula is C32H58N2O11. The van der Waals surface area contributed by atoms with Gasteiger partial charge in [0.05, 0.1) is 36.4 Å². The minimum atomic E-state index is -1.97. The summed E-state index contributed by atoms with van der Waals surface area (Å²) in [4.78, 5) is 41.9. The third-order valence-corrected chi connectivity index (χ3v) is 9.92. The molecule has 2 aliphatic heterocycles. The molecule has 0 saturated carbocycles. The fourth-order valence-electron chi connectivity index (χ4n) is 6.98. The van der Waals surface area contributed by atoms with Crippen LogP contribution >= 0.6 is 0 Å². The van der Waals surface area contributed by atoms with Gasteiger partial charge in [-0.05, 0) is 61.1 Å². The monoisotopic (exact) mass is 646 g/mol. The van der Waals surface area contributed by atoms with Crippen molar-refractivity contribution in [2.45, 2.75) is 135 Å². The zero-order valence-corrected chi connectivity index (χ0v) is 28.9. The number of rotatable bonds is 7. The Morgan fingerprint density at radius 2 is 1.69 bits per heavy atom. The minimum Gasteiger partial charge on any atom is -0.460 e. The van der Waals surface area contributed by atoms with Crippen LogP contribution in [0, 0.1) is 23.7 Å². The van der Waals surface area contributed by atoms with Crippen LogP contribution in [0.1, 0.15) is 74.7 Å². The molecule has 2 heterocycles. The second kappa shape index (κ2) is 15.9. The summed E-state index contributed by atoms with van der Waals surface area (Å²) in [6.07, 6.45) is -6.60. The molecule has 5 N–H and O–H groups in total. The lowest BCUT2D eigenvalue weighted by Crippen LogP contribution is -2.60. The summed E-state index contributed by atoms with van der Waals surface area (Å²) in [5.41, 5.74) is 2.36.